The minimum absolute atomic E-state index is 0.00580. The van der Waals surface area contributed by atoms with E-state index >= 15 is 0 Å². The summed E-state index contributed by atoms with van der Waals surface area (Å²) in [5.41, 5.74) is 0. The summed E-state index contributed by atoms with van der Waals surface area (Å²) in [6.45, 7) is 1.98. The van der Waals surface area contributed by atoms with Crippen molar-refractivity contribution in [3.05, 3.63) is 18.5 Å². The van der Waals surface area contributed by atoms with Gasteiger partial charge in [-0.2, -0.15) is 18.3 Å². The molecule has 1 fully saturated rings. The van der Waals surface area contributed by atoms with Crippen LogP contribution in [-0.4, -0.2) is 66.4 Å². The zero-order valence-electron chi connectivity index (χ0n) is 11.1. The molecule has 0 saturated carbocycles. The Labute approximate surface area is 115 Å². The standard InChI is InChI=1S/C12H18F3N3O2/c13-12(14,15)10-19-6-4-17-5-7-20-11(8-17)9-18-3-1-2-16-18/h1-3,11H,4-10H2. The molecule has 2 heterocycles. The van der Waals surface area contributed by atoms with Crippen LogP contribution in [0.3, 0.4) is 0 Å². The van der Waals surface area contributed by atoms with Crippen LogP contribution in [0.4, 0.5) is 13.2 Å². The smallest absolute Gasteiger partial charge is 0.374 e. The fourth-order valence-electron chi connectivity index (χ4n) is 2.09. The molecule has 114 valence electrons. The number of hydrogen-bond acceptors (Lipinski definition) is 4. The second kappa shape index (κ2) is 7.05. The van der Waals surface area contributed by atoms with Crippen LogP contribution in [-0.2, 0) is 16.0 Å². The van der Waals surface area contributed by atoms with Crippen LogP contribution in [0.15, 0.2) is 18.5 Å². The molecule has 0 radical (unpaired) electrons. The third-order valence-corrected chi connectivity index (χ3v) is 2.99. The molecule has 0 spiro atoms. The molecule has 1 aliphatic heterocycles. The molecule has 5 nitrogen and oxygen atoms in total. The third kappa shape index (κ3) is 5.48. The first-order valence-electron chi connectivity index (χ1n) is 6.49. The molecular weight excluding hydrogens is 275 g/mol. The summed E-state index contributed by atoms with van der Waals surface area (Å²) in [6.07, 6.45) is -0.695. The highest BCUT2D eigenvalue weighted by atomic mass is 19.4. The molecule has 8 heteroatoms. The lowest BCUT2D eigenvalue weighted by Gasteiger charge is -2.32. The van der Waals surface area contributed by atoms with Crippen LogP contribution < -0.4 is 0 Å². The zero-order valence-corrected chi connectivity index (χ0v) is 11.1. The first-order valence-corrected chi connectivity index (χ1v) is 6.49. The van der Waals surface area contributed by atoms with Gasteiger partial charge in [-0.3, -0.25) is 9.58 Å². The summed E-state index contributed by atoms with van der Waals surface area (Å²) in [6, 6.07) is 1.84. The first-order chi connectivity index (χ1) is 9.53. The van der Waals surface area contributed by atoms with Gasteiger partial charge in [0.2, 0.25) is 0 Å². The number of hydrogen-bond donors (Lipinski definition) is 0. The van der Waals surface area contributed by atoms with Crippen LogP contribution in [0.2, 0.25) is 0 Å². The molecule has 1 aromatic rings. The Morgan fingerprint density at radius 1 is 1.40 bits per heavy atom. The minimum atomic E-state index is -4.26. The quantitative estimate of drug-likeness (QED) is 0.738. The summed E-state index contributed by atoms with van der Waals surface area (Å²) in [4.78, 5) is 2.05. The fraction of sp³-hybridized carbons (Fsp3) is 0.750. The lowest BCUT2D eigenvalue weighted by atomic mass is 10.2. The van der Waals surface area contributed by atoms with E-state index in [2.05, 4.69) is 9.84 Å². The Bertz CT molecular complexity index is 384. The van der Waals surface area contributed by atoms with E-state index in [1.807, 2.05) is 17.2 Å². The van der Waals surface area contributed by atoms with Crippen LogP contribution in [0, 0.1) is 0 Å². The number of halogens is 3. The van der Waals surface area contributed by atoms with E-state index in [9.17, 15) is 13.2 Å². The van der Waals surface area contributed by atoms with Gasteiger partial charge in [0.25, 0.3) is 0 Å². The molecule has 2 rings (SSSR count). The number of rotatable bonds is 6. The number of nitrogens with zero attached hydrogens (tertiary/aromatic N) is 3. The van der Waals surface area contributed by atoms with Crippen molar-refractivity contribution in [2.45, 2.75) is 18.8 Å². The number of alkyl halides is 3. The average Bonchev–Trinajstić information content (AvgIpc) is 2.87. The Kier molecular flexibility index (Phi) is 5.38. The van der Waals surface area contributed by atoms with Crippen molar-refractivity contribution in [1.29, 1.82) is 0 Å². The maximum absolute atomic E-state index is 11.9. The van der Waals surface area contributed by atoms with Crippen LogP contribution in [0.5, 0.6) is 0 Å². The van der Waals surface area contributed by atoms with Gasteiger partial charge >= 0.3 is 6.18 Å². The third-order valence-electron chi connectivity index (χ3n) is 2.99. The fourth-order valence-corrected chi connectivity index (χ4v) is 2.09. The highest BCUT2D eigenvalue weighted by Gasteiger charge is 2.27. The molecular formula is C12H18F3N3O2. The van der Waals surface area contributed by atoms with E-state index in [-0.39, 0.29) is 12.7 Å². The van der Waals surface area contributed by atoms with Crippen LogP contribution in [0.1, 0.15) is 0 Å². The zero-order chi connectivity index (χ0) is 14.4. The lowest BCUT2D eigenvalue weighted by molar-refractivity contribution is -0.175. The molecule has 0 aliphatic carbocycles. The predicted molar refractivity (Wildman–Crippen MR) is 65.3 cm³/mol. The van der Waals surface area contributed by atoms with E-state index in [4.69, 9.17) is 4.74 Å². The van der Waals surface area contributed by atoms with Crippen molar-refractivity contribution in [2.24, 2.45) is 0 Å². The molecule has 1 atom stereocenters. The predicted octanol–water partition coefficient (Wildman–Crippen LogP) is 1.16. The Balaban J connectivity index is 1.65. The van der Waals surface area contributed by atoms with Crippen molar-refractivity contribution in [3.8, 4) is 0 Å². The average molecular weight is 293 g/mol. The van der Waals surface area contributed by atoms with Crippen molar-refractivity contribution in [3.63, 3.8) is 0 Å². The largest absolute Gasteiger partial charge is 0.411 e. The molecule has 0 bridgehead atoms. The molecule has 1 saturated heterocycles. The van der Waals surface area contributed by atoms with Gasteiger partial charge in [0.05, 0.1) is 25.9 Å². The van der Waals surface area contributed by atoms with E-state index in [0.29, 0.717) is 32.8 Å². The van der Waals surface area contributed by atoms with Gasteiger partial charge in [0.1, 0.15) is 6.61 Å². The second-order valence-electron chi connectivity index (χ2n) is 4.69. The summed E-state index contributed by atoms with van der Waals surface area (Å²) >= 11 is 0. The minimum Gasteiger partial charge on any atom is -0.374 e. The Morgan fingerprint density at radius 2 is 2.25 bits per heavy atom. The summed E-state index contributed by atoms with van der Waals surface area (Å²) < 4.78 is 47.8. The number of morpholine rings is 1. The summed E-state index contributed by atoms with van der Waals surface area (Å²) in [5, 5.41) is 4.11. The van der Waals surface area contributed by atoms with E-state index < -0.39 is 12.8 Å². The Hall–Kier alpha value is -1.12. The normalized spacial score (nSPS) is 21.2. The number of aromatic nitrogens is 2. The summed E-state index contributed by atoms with van der Waals surface area (Å²) in [5.74, 6) is 0. The maximum atomic E-state index is 11.9. The van der Waals surface area contributed by atoms with E-state index in [0.717, 1.165) is 0 Å². The van der Waals surface area contributed by atoms with Crippen molar-refractivity contribution >= 4 is 0 Å². The van der Waals surface area contributed by atoms with E-state index in [1.54, 1.807) is 10.9 Å². The van der Waals surface area contributed by atoms with Crippen molar-refractivity contribution < 1.29 is 22.6 Å². The van der Waals surface area contributed by atoms with Crippen LogP contribution >= 0.6 is 0 Å². The molecule has 1 aromatic heterocycles. The van der Waals surface area contributed by atoms with Gasteiger partial charge in [-0.25, -0.2) is 0 Å². The van der Waals surface area contributed by atoms with Crippen LogP contribution in [0.25, 0.3) is 0 Å². The van der Waals surface area contributed by atoms with Gasteiger partial charge in [-0.15, -0.1) is 0 Å². The first kappa shape index (κ1) is 15.3. The molecule has 20 heavy (non-hydrogen) atoms. The second-order valence-corrected chi connectivity index (χ2v) is 4.69. The molecule has 0 N–H and O–H groups in total. The monoisotopic (exact) mass is 293 g/mol. The maximum Gasteiger partial charge on any atom is 0.411 e. The molecule has 0 amide bonds. The summed E-state index contributed by atoms with van der Waals surface area (Å²) in [7, 11) is 0. The van der Waals surface area contributed by atoms with Gasteiger partial charge in [-0.05, 0) is 6.07 Å². The SMILES string of the molecule is FC(F)(F)COCCN1CCOC(Cn2cccn2)C1. The van der Waals surface area contributed by atoms with Crippen molar-refractivity contribution in [2.75, 3.05) is 39.5 Å². The van der Waals surface area contributed by atoms with Gasteiger partial charge < -0.3 is 9.47 Å². The van der Waals surface area contributed by atoms with E-state index in [1.165, 1.54) is 0 Å². The van der Waals surface area contributed by atoms with Gasteiger partial charge in [0, 0.05) is 32.0 Å². The highest BCUT2D eigenvalue weighted by molar-refractivity contribution is 4.80. The number of ether oxygens (including phenoxy) is 2. The van der Waals surface area contributed by atoms with Crippen molar-refractivity contribution in [1.82, 2.24) is 14.7 Å². The van der Waals surface area contributed by atoms with Gasteiger partial charge in [0.15, 0.2) is 0 Å². The lowest BCUT2D eigenvalue weighted by Crippen LogP contribution is -2.45. The molecule has 1 aliphatic rings. The highest BCUT2D eigenvalue weighted by Crippen LogP contribution is 2.14. The topological polar surface area (TPSA) is 39.5 Å². The molecule has 1 unspecified atom stereocenters. The Morgan fingerprint density at radius 3 is 2.95 bits per heavy atom. The van der Waals surface area contributed by atoms with Gasteiger partial charge in [-0.1, -0.05) is 0 Å². The molecule has 0 aromatic carbocycles.